The minimum atomic E-state index is -0.967. The summed E-state index contributed by atoms with van der Waals surface area (Å²) in [6.07, 6.45) is 0.472. The van der Waals surface area contributed by atoms with Crippen molar-refractivity contribution < 1.29 is 19.8 Å². The molecule has 7 heteroatoms. The number of carboxylic acids is 1. The zero-order valence-electron chi connectivity index (χ0n) is 13.3. The topological polar surface area (TPSA) is 93.1 Å². The molecule has 3 unspecified atom stereocenters. The summed E-state index contributed by atoms with van der Waals surface area (Å²) < 4.78 is 0. The monoisotopic (exact) mass is 301 g/mol. The number of carboxylic acid groups (broad SMARTS) is 1. The SMILES string of the molecule is CCC(C)(CNC(=O)N1CC(O)CC1CN(C)C)C(=O)O. The molecular weight excluding hydrogens is 274 g/mol. The molecule has 0 aliphatic carbocycles. The molecule has 0 bridgehead atoms. The predicted octanol–water partition coefficient (Wildman–Crippen LogP) is 0.194. The lowest BCUT2D eigenvalue weighted by molar-refractivity contribution is -0.147. The molecule has 1 aliphatic heterocycles. The standard InChI is InChI=1S/C14H27N3O4/c1-5-14(2,12(19)20)9-15-13(21)17-8-11(18)6-10(17)7-16(3)4/h10-11,18H,5-9H2,1-4H3,(H,15,21)(H,19,20). The van der Waals surface area contributed by atoms with Gasteiger partial charge in [-0.3, -0.25) is 4.79 Å². The number of nitrogens with one attached hydrogen (secondary N) is 1. The minimum Gasteiger partial charge on any atom is -0.481 e. The van der Waals surface area contributed by atoms with Gasteiger partial charge in [-0.1, -0.05) is 6.92 Å². The van der Waals surface area contributed by atoms with Crippen molar-refractivity contribution >= 4 is 12.0 Å². The van der Waals surface area contributed by atoms with Gasteiger partial charge in [-0.15, -0.1) is 0 Å². The van der Waals surface area contributed by atoms with E-state index < -0.39 is 17.5 Å². The Bertz CT molecular complexity index is 388. The molecule has 0 saturated carbocycles. The number of carbonyl (C=O) groups excluding carboxylic acids is 1. The molecule has 3 atom stereocenters. The maximum absolute atomic E-state index is 12.3. The van der Waals surface area contributed by atoms with E-state index in [2.05, 4.69) is 5.32 Å². The molecule has 0 radical (unpaired) electrons. The number of likely N-dealkylation sites (tertiary alicyclic amines) is 1. The number of hydrogen-bond acceptors (Lipinski definition) is 4. The summed E-state index contributed by atoms with van der Waals surface area (Å²) in [6, 6.07) is -0.355. The summed E-state index contributed by atoms with van der Waals surface area (Å²) in [4.78, 5) is 27.1. The minimum absolute atomic E-state index is 0.0484. The van der Waals surface area contributed by atoms with Gasteiger partial charge >= 0.3 is 12.0 Å². The second-order valence-corrected chi connectivity index (χ2v) is 6.34. The molecule has 0 spiro atoms. The van der Waals surface area contributed by atoms with Crippen molar-refractivity contribution in [1.29, 1.82) is 0 Å². The highest BCUT2D eigenvalue weighted by Gasteiger charge is 2.36. The van der Waals surface area contributed by atoms with Crippen LogP contribution in [0.1, 0.15) is 26.7 Å². The van der Waals surface area contributed by atoms with Crippen LogP contribution in [0.5, 0.6) is 0 Å². The maximum Gasteiger partial charge on any atom is 0.317 e. The first-order chi connectivity index (χ1) is 9.69. The van der Waals surface area contributed by atoms with Crippen LogP contribution >= 0.6 is 0 Å². The van der Waals surface area contributed by atoms with Gasteiger partial charge in [0.1, 0.15) is 0 Å². The van der Waals surface area contributed by atoms with E-state index in [-0.39, 0.29) is 18.6 Å². The first-order valence-corrected chi connectivity index (χ1v) is 7.30. The average Bonchev–Trinajstić information content (AvgIpc) is 2.75. The molecule has 3 N–H and O–H groups in total. The third-order valence-electron chi connectivity index (χ3n) is 4.16. The van der Waals surface area contributed by atoms with Gasteiger partial charge in [-0.05, 0) is 33.9 Å². The highest BCUT2D eigenvalue weighted by molar-refractivity contribution is 5.78. The van der Waals surface area contributed by atoms with Crippen LogP contribution in [-0.4, -0.2) is 77.9 Å². The van der Waals surface area contributed by atoms with Gasteiger partial charge in [0.25, 0.3) is 0 Å². The quantitative estimate of drug-likeness (QED) is 0.651. The summed E-state index contributed by atoms with van der Waals surface area (Å²) in [7, 11) is 3.83. The van der Waals surface area contributed by atoms with E-state index in [9.17, 15) is 19.8 Å². The first kappa shape index (κ1) is 17.7. The Hall–Kier alpha value is -1.34. The van der Waals surface area contributed by atoms with Crippen LogP contribution in [0.15, 0.2) is 0 Å². The highest BCUT2D eigenvalue weighted by atomic mass is 16.4. The fourth-order valence-electron chi connectivity index (χ4n) is 2.46. The number of rotatable bonds is 6. The number of nitrogens with zero attached hydrogens (tertiary/aromatic N) is 2. The summed E-state index contributed by atoms with van der Waals surface area (Å²) in [5.74, 6) is -0.920. The molecule has 0 aromatic rings. The van der Waals surface area contributed by atoms with Crippen molar-refractivity contribution in [3.05, 3.63) is 0 Å². The van der Waals surface area contributed by atoms with Crippen LogP contribution in [-0.2, 0) is 4.79 Å². The largest absolute Gasteiger partial charge is 0.481 e. The van der Waals surface area contributed by atoms with Crippen LogP contribution in [0.3, 0.4) is 0 Å². The van der Waals surface area contributed by atoms with E-state index in [1.807, 2.05) is 19.0 Å². The van der Waals surface area contributed by atoms with Crippen molar-refractivity contribution in [2.24, 2.45) is 5.41 Å². The Kier molecular flexibility index (Phi) is 5.98. The van der Waals surface area contributed by atoms with Crippen LogP contribution < -0.4 is 5.32 Å². The zero-order chi connectivity index (χ0) is 16.2. The number of hydrogen-bond donors (Lipinski definition) is 3. The van der Waals surface area contributed by atoms with Crippen molar-refractivity contribution in [3.8, 4) is 0 Å². The number of carbonyl (C=O) groups is 2. The van der Waals surface area contributed by atoms with Gasteiger partial charge in [0.2, 0.25) is 0 Å². The number of aliphatic carboxylic acids is 1. The van der Waals surface area contributed by atoms with Gasteiger partial charge in [0, 0.05) is 25.7 Å². The molecule has 1 saturated heterocycles. The lowest BCUT2D eigenvalue weighted by atomic mass is 9.88. The zero-order valence-corrected chi connectivity index (χ0v) is 13.3. The molecule has 2 amide bonds. The molecule has 1 rings (SSSR count). The Morgan fingerprint density at radius 3 is 2.52 bits per heavy atom. The number of aliphatic hydroxyl groups excluding tert-OH is 1. The van der Waals surface area contributed by atoms with Crippen molar-refractivity contribution in [1.82, 2.24) is 15.1 Å². The normalized spacial score (nSPS) is 25.0. The van der Waals surface area contributed by atoms with E-state index >= 15 is 0 Å². The number of aliphatic hydroxyl groups is 1. The second-order valence-electron chi connectivity index (χ2n) is 6.34. The molecule has 7 nitrogen and oxygen atoms in total. The molecule has 1 aliphatic rings. The van der Waals surface area contributed by atoms with Crippen LogP contribution in [0.2, 0.25) is 0 Å². The van der Waals surface area contributed by atoms with E-state index in [0.29, 0.717) is 25.9 Å². The Morgan fingerprint density at radius 1 is 1.43 bits per heavy atom. The number of urea groups is 1. The smallest absolute Gasteiger partial charge is 0.317 e. The Labute approximate surface area is 125 Å². The van der Waals surface area contributed by atoms with E-state index in [1.165, 1.54) is 0 Å². The van der Waals surface area contributed by atoms with E-state index in [0.717, 1.165) is 0 Å². The Balaban J connectivity index is 2.63. The molecule has 0 aromatic carbocycles. The lowest BCUT2D eigenvalue weighted by Crippen LogP contribution is -2.50. The van der Waals surface area contributed by atoms with Gasteiger partial charge in [-0.2, -0.15) is 0 Å². The average molecular weight is 301 g/mol. The number of amides is 2. The molecule has 1 heterocycles. The summed E-state index contributed by atoms with van der Waals surface area (Å²) in [5, 5.41) is 21.7. The van der Waals surface area contributed by atoms with Crippen molar-refractivity contribution in [2.45, 2.75) is 38.8 Å². The molecule has 0 aromatic heterocycles. The lowest BCUT2D eigenvalue weighted by Gasteiger charge is -2.29. The van der Waals surface area contributed by atoms with Gasteiger partial charge in [0.05, 0.1) is 11.5 Å². The predicted molar refractivity (Wildman–Crippen MR) is 79.1 cm³/mol. The fraction of sp³-hybridized carbons (Fsp3) is 0.857. The van der Waals surface area contributed by atoms with Crippen molar-refractivity contribution in [2.75, 3.05) is 33.7 Å². The summed E-state index contributed by atoms with van der Waals surface area (Å²) >= 11 is 0. The van der Waals surface area contributed by atoms with Crippen LogP contribution in [0.25, 0.3) is 0 Å². The molecule has 122 valence electrons. The third kappa shape index (κ3) is 4.57. The van der Waals surface area contributed by atoms with Gasteiger partial charge in [-0.25, -0.2) is 4.79 Å². The van der Waals surface area contributed by atoms with Gasteiger partial charge in [0.15, 0.2) is 0 Å². The van der Waals surface area contributed by atoms with Crippen LogP contribution in [0, 0.1) is 5.41 Å². The first-order valence-electron chi connectivity index (χ1n) is 7.30. The summed E-state index contributed by atoms with van der Waals surface area (Å²) in [5.41, 5.74) is -0.967. The van der Waals surface area contributed by atoms with Crippen LogP contribution in [0.4, 0.5) is 4.79 Å². The fourth-order valence-corrected chi connectivity index (χ4v) is 2.46. The molecular formula is C14H27N3O4. The van der Waals surface area contributed by atoms with Crippen molar-refractivity contribution in [3.63, 3.8) is 0 Å². The summed E-state index contributed by atoms with van der Waals surface area (Å²) in [6.45, 7) is 4.45. The third-order valence-corrected chi connectivity index (χ3v) is 4.16. The highest BCUT2D eigenvalue weighted by Crippen LogP contribution is 2.22. The van der Waals surface area contributed by atoms with E-state index in [1.54, 1.807) is 18.7 Å². The number of β-amino-alcohol motifs (C(OH)–C–C–N with tert-alkyl or cyclic N) is 1. The van der Waals surface area contributed by atoms with Gasteiger partial charge < -0.3 is 25.3 Å². The number of likely N-dealkylation sites (N-methyl/N-ethyl adjacent to an activating group) is 1. The maximum atomic E-state index is 12.3. The van der Waals surface area contributed by atoms with E-state index in [4.69, 9.17) is 0 Å². The molecule has 21 heavy (non-hydrogen) atoms. The second kappa shape index (κ2) is 7.09. The molecule has 1 fully saturated rings. The Morgan fingerprint density at radius 2 is 2.05 bits per heavy atom.